The Hall–Kier alpha value is -2.82. The summed E-state index contributed by atoms with van der Waals surface area (Å²) in [6, 6.07) is 6.85. The summed E-state index contributed by atoms with van der Waals surface area (Å²) in [7, 11) is 1.58. The molecule has 2 N–H and O–H groups in total. The van der Waals surface area contributed by atoms with Crippen LogP contribution in [0.15, 0.2) is 29.6 Å². The molecule has 30 heavy (non-hydrogen) atoms. The lowest BCUT2D eigenvalue weighted by molar-refractivity contribution is -0.124. The molecule has 4 rings (SSSR count). The number of amides is 2. The Morgan fingerprint density at radius 2 is 1.97 bits per heavy atom. The molecule has 1 fully saturated rings. The second-order valence-corrected chi connectivity index (χ2v) is 8.50. The Bertz CT molecular complexity index is 1060. The summed E-state index contributed by atoms with van der Waals surface area (Å²) in [5.74, 6) is 0.271. The fraction of sp³-hybridized carbons (Fsp3) is 0.300. The van der Waals surface area contributed by atoms with E-state index < -0.39 is 6.10 Å². The molecule has 1 saturated heterocycles. The minimum Gasteiger partial charge on any atom is -0.497 e. The van der Waals surface area contributed by atoms with Crippen LogP contribution in [0.1, 0.15) is 28.9 Å². The van der Waals surface area contributed by atoms with E-state index in [4.69, 9.17) is 9.47 Å². The van der Waals surface area contributed by atoms with Gasteiger partial charge in [-0.15, -0.1) is 11.3 Å². The lowest BCUT2D eigenvalue weighted by Crippen LogP contribution is -2.26. The molecule has 2 amide bonds. The molecule has 3 aromatic rings. The quantitative estimate of drug-likeness (QED) is 0.597. The molecule has 1 aromatic carbocycles. The summed E-state index contributed by atoms with van der Waals surface area (Å²) in [6.45, 7) is 2.48. The first-order chi connectivity index (χ1) is 14.5. The monoisotopic (exact) mass is 444 g/mol. The maximum absolute atomic E-state index is 12.5. The van der Waals surface area contributed by atoms with Crippen molar-refractivity contribution in [2.24, 2.45) is 0 Å². The van der Waals surface area contributed by atoms with Gasteiger partial charge in [0, 0.05) is 17.6 Å². The number of anilines is 2. The Labute approximate surface area is 181 Å². The predicted molar refractivity (Wildman–Crippen MR) is 117 cm³/mol. The maximum Gasteiger partial charge on any atom is 0.257 e. The molecule has 0 aliphatic carbocycles. The van der Waals surface area contributed by atoms with Crippen LogP contribution < -0.4 is 15.4 Å². The highest BCUT2D eigenvalue weighted by molar-refractivity contribution is 7.20. The van der Waals surface area contributed by atoms with Gasteiger partial charge in [-0.3, -0.25) is 20.2 Å². The lowest BCUT2D eigenvalue weighted by atomic mass is 10.2. The van der Waals surface area contributed by atoms with E-state index in [1.165, 1.54) is 22.7 Å². The van der Waals surface area contributed by atoms with Gasteiger partial charge in [-0.25, -0.2) is 9.97 Å². The maximum atomic E-state index is 12.5. The van der Waals surface area contributed by atoms with Gasteiger partial charge >= 0.3 is 0 Å². The molecule has 3 heterocycles. The molecule has 0 radical (unpaired) electrons. The van der Waals surface area contributed by atoms with Gasteiger partial charge in [0.15, 0.2) is 10.3 Å². The number of benzene rings is 1. The second kappa shape index (κ2) is 8.90. The van der Waals surface area contributed by atoms with Crippen molar-refractivity contribution in [1.82, 2.24) is 9.97 Å². The van der Waals surface area contributed by atoms with E-state index in [9.17, 15) is 9.59 Å². The zero-order valence-electron chi connectivity index (χ0n) is 16.4. The van der Waals surface area contributed by atoms with Gasteiger partial charge in [0.2, 0.25) is 0 Å². The lowest BCUT2D eigenvalue weighted by Gasteiger charge is -2.07. The van der Waals surface area contributed by atoms with Crippen molar-refractivity contribution in [3.8, 4) is 16.3 Å². The SMILES string of the molecule is COc1ccc(C(=O)Nc2nc(C)c(-c3csc(NC(=O)C4CCCO4)n3)s2)cc1. The molecule has 8 nitrogen and oxygen atoms in total. The van der Waals surface area contributed by atoms with E-state index in [0.29, 0.717) is 33.9 Å². The second-order valence-electron chi connectivity index (χ2n) is 6.64. The third-order valence-corrected chi connectivity index (χ3v) is 6.41. The number of aromatic nitrogens is 2. The molecular formula is C20H20N4O4S2. The van der Waals surface area contributed by atoms with Crippen LogP contribution in [-0.4, -0.2) is 41.6 Å². The number of rotatable bonds is 6. The van der Waals surface area contributed by atoms with Crippen molar-refractivity contribution in [3.05, 3.63) is 40.9 Å². The standard InChI is InChI=1S/C20H20N4O4S2/c1-11-16(14-10-29-19(22-14)24-18(26)15-4-3-9-28-15)30-20(21-11)23-17(25)12-5-7-13(27-2)8-6-12/h5-8,10,15H,3-4,9H2,1-2H3,(H,21,23,25)(H,22,24,26). The Kier molecular flexibility index (Phi) is 6.07. The number of hydrogen-bond acceptors (Lipinski definition) is 8. The smallest absolute Gasteiger partial charge is 0.257 e. The molecule has 0 bridgehead atoms. The fourth-order valence-electron chi connectivity index (χ4n) is 3.00. The van der Waals surface area contributed by atoms with E-state index in [1.807, 2.05) is 12.3 Å². The number of hydrogen-bond donors (Lipinski definition) is 2. The molecule has 1 unspecified atom stereocenters. The minimum atomic E-state index is -0.401. The number of nitrogens with zero attached hydrogens (tertiary/aromatic N) is 2. The first kappa shape index (κ1) is 20.5. The van der Waals surface area contributed by atoms with Gasteiger partial charge < -0.3 is 9.47 Å². The highest BCUT2D eigenvalue weighted by Gasteiger charge is 2.24. The first-order valence-electron chi connectivity index (χ1n) is 9.34. The summed E-state index contributed by atoms with van der Waals surface area (Å²) in [5, 5.41) is 8.50. The Balaban J connectivity index is 1.44. The van der Waals surface area contributed by atoms with E-state index in [0.717, 1.165) is 23.4 Å². The van der Waals surface area contributed by atoms with Gasteiger partial charge in [0.25, 0.3) is 11.8 Å². The normalized spacial score (nSPS) is 15.7. The molecule has 2 aromatic heterocycles. The van der Waals surface area contributed by atoms with E-state index in [1.54, 1.807) is 31.4 Å². The minimum absolute atomic E-state index is 0.165. The summed E-state index contributed by atoms with van der Waals surface area (Å²) < 4.78 is 10.5. The Morgan fingerprint density at radius 1 is 1.17 bits per heavy atom. The number of aryl methyl sites for hydroxylation is 1. The zero-order valence-corrected chi connectivity index (χ0v) is 18.1. The van der Waals surface area contributed by atoms with Gasteiger partial charge in [0.05, 0.1) is 23.4 Å². The van der Waals surface area contributed by atoms with Crippen molar-refractivity contribution < 1.29 is 19.1 Å². The van der Waals surface area contributed by atoms with Crippen molar-refractivity contribution in [3.63, 3.8) is 0 Å². The number of nitrogens with one attached hydrogen (secondary N) is 2. The van der Waals surface area contributed by atoms with Crippen LogP contribution in [0.4, 0.5) is 10.3 Å². The van der Waals surface area contributed by atoms with Crippen LogP contribution >= 0.6 is 22.7 Å². The molecule has 156 valence electrons. The summed E-state index contributed by atoms with van der Waals surface area (Å²) >= 11 is 2.68. The van der Waals surface area contributed by atoms with Crippen LogP contribution in [0.25, 0.3) is 10.6 Å². The molecular weight excluding hydrogens is 424 g/mol. The fourth-order valence-corrected chi connectivity index (χ4v) is 4.71. The largest absolute Gasteiger partial charge is 0.497 e. The van der Waals surface area contributed by atoms with Gasteiger partial charge in [-0.2, -0.15) is 0 Å². The average Bonchev–Trinajstić information content (AvgIpc) is 3.49. The topological polar surface area (TPSA) is 102 Å². The number of thiazole rings is 2. The van der Waals surface area contributed by atoms with Crippen LogP contribution in [0.2, 0.25) is 0 Å². The van der Waals surface area contributed by atoms with Gasteiger partial charge in [-0.1, -0.05) is 11.3 Å². The summed E-state index contributed by atoms with van der Waals surface area (Å²) in [4.78, 5) is 34.4. The molecule has 0 spiro atoms. The van der Waals surface area contributed by atoms with Crippen molar-refractivity contribution in [2.45, 2.75) is 25.9 Å². The van der Waals surface area contributed by atoms with Crippen LogP contribution in [0.3, 0.4) is 0 Å². The number of carbonyl (C=O) groups excluding carboxylic acids is 2. The van der Waals surface area contributed by atoms with Crippen molar-refractivity contribution in [1.29, 1.82) is 0 Å². The first-order valence-corrected chi connectivity index (χ1v) is 11.0. The van der Waals surface area contributed by atoms with E-state index in [2.05, 4.69) is 20.6 Å². The summed E-state index contributed by atoms with van der Waals surface area (Å²) in [6.07, 6.45) is 1.23. The molecule has 1 aliphatic rings. The number of methoxy groups -OCH3 is 1. The number of ether oxygens (including phenoxy) is 2. The third kappa shape index (κ3) is 4.50. The third-order valence-electron chi connectivity index (χ3n) is 4.56. The van der Waals surface area contributed by atoms with Gasteiger partial charge in [0.1, 0.15) is 11.9 Å². The van der Waals surface area contributed by atoms with Crippen LogP contribution in [0, 0.1) is 6.92 Å². The zero-order chi connectivity index (χ0) is 21.1. The predicted octanol–water partition coefficient (Wildman–Crippen LogP) is 3.95. The highest BCUT2D eigenvalue weighted by atomic mass is 32.1. The van der Waals surface area contributed by atoms with Crippen LogP contribution in [-0.2, 0) is 9.53 Å². The van der Waals surface area contributed by atoms with Crippen LogP contribution in [0.5, 0.6) is 5.75 Å². The highest BCUT2D eigenvalue weighted by Crippen LogP contribution is 2.35. The molecule has 1 aliphatic heterocycles. The summed E-state index contributed by atoms with van der Waals surface area (Å²) in [5.41, 5.74) is 1.98. The van der Waals surface area contributed by atoms with Crippen molar-refractivity contribution in [2.75, 3.05) is 24.4 Å². The van der Waals surface area contributed by atoms with Gasteiger partial charge in [-0.05, 0) is 44.0 Å². The number of carbonyl (C=O) groups is 2. The Morgan fingerprint density at radius 3 is 2.67 bits per heavy atom. The molecule has 10 heteroatoms. The molecule has 1 atom stereocenters. The molecule has 0 saturated carbocycles. The van der Waals surface area contributed by atoms with Crippen molar-refractivity contribution >= 4 is 44.8 Å². The van der Waals surface area contributed by atoms with E-state index in [-0.39, 0.29) is 11.8 Å². The average molecular weight is 445 g/mol. The van der Waals surface area contributed by atoms with E-state index >= 15 is 0 Å².